The summed E-state index contributed by atoms with van der Waals surface area (Å²) in [4.78, 5) is 31.0. The highest BCUT2D eigenvalue weighted by atomic mass is 35.5. The zero-order valence-electron chi connectivity index (χ0n) is 18.3. The zero-order valence-corrected chi connectivity index (χ0v) is 19.9. The predicted molar refractivity (Wildman–Crippen MR) is 132 cm³/mol. The van der Waals surface area contributed by atoms with Gasteiger partial charge in [0.05, 0.1) is 12.8 Å². The van der Waals surface area contributed by atoms with Crippen molar-refractivity contribution >= 4 is 51.3 Å². The second-order valence-corrected chi connectivity index (χ2v) is 8.91. The van der Waals surface area contributed by atoms with Crippen LogP contribution in [0.15, 0.2) is 36.5 Å². The lowest BCUT2D eigenvalue weighted by Crippen LogP contribution is -2.47. The molecule has 1 amide bonds. The molecule has 1 aliphatic heterocycles. The standard InChI is InChI=1S/C22H26ClN7O2S/c1-15-25-19(12-20(26-15)30-8-6-29(7-9-30)10-11-31)28-22-24-14-18(33-22)21(32)27-17-5-3-2-4-16(17)13-23/h2-5,12,14,31H,6-11,13H2,1H3,(H,27,32)(H,24,25,26,28). The van der Waals surface area contributed by atoms with Crippen molar-refractivity contribution in [2.75, 3.05) is 54.9 Å². The molecule has 1 aromatic carbocycles. The molecule has 9 nitrogen and oxygen atoms in total. The molecule has 0 radical (unpaired) electrons. The van der Waals surface area contributed by atoms with Crippen LogP contribution in [-0.4, -0.2) is 70.2 Å². The number of anilines is 4. The van der Waals surface area contributed by atoms with Gasteiger partial charge in [0.1, 0.15) is 22.3 Å². The van der Waals surface area contributed by atoms with Crippen LogP contribution in [0.2, 0.25) is 0 Å². The number of para-hydroxylation sites is 1. The monoisotopic (exact) mass is 487 g/mol. The number of hydrogen-bond donors (Lipinski definition) is 3. The molecular formula is C22H26ClN7O2S. The number of amides is 1. The number of aryl methyl sites for hydroxylation is 1. The number of benzene rings is 1. The van der Waals surface area contributed by atoms with Gasteiger partial charge in [-0.25, -0.2) is 15.0 Å². The Bertz CT molecular complexity index is 1100. The number of rotatable bonds is 8. The van der Waals surface area contributed by atoms with Gasteiger partial charge in [-0.3, -0.25) is 9.69 Å². The lowest BCUT2D eigenvalue weighted by molar-refractivity contribution is 0.103. The molecule has 3 aromatic rings. The fourth-order valence-corrected chi connectivity index (χ4v) is 4.56. The summed E-state index contributed by atoms with van der Waals surface area (Å²) in [6.45, 7) is 6.15. The molecule has 0 spiro atoms. The molecule has 0 bridgehead atoms. The van der Waals surface area contributed by atoms with Crippen LogP contribution in [0.25, 0.3) is 0 Å². The number of hydrogen-bond acceptors (Lipinski definition) is 9. The van der Waals surface area contributed by atoms with Crippen molar-refractivity contribution in [3.8, 4) is 0 Å². The van der Waals surface area contributed by atoms with E-state index in [2.05, 4.69) is 35.4 Å². The third-order valence-electron chi connectivity index (χ3n) is 5.31. The van der Waals surface area contributed by atoms with Crippen LogP contribution in [-0.2, 0) is 5.88 Å². The van der Waals surface area contributed by atoms with E-state index >= 15 is 0 Å². The van der Waals surface area contributed by atoms with E-state index in [9.17, 15) is 4.79 Å². The van der Waals surface area contributed by atoms with Crippen molar-refractivity contribution in [2.24, 2.45) is 0 Å². The number of nitrogens with one attached hydrogen (secondary N) is 2. The molecular weight excluding hydrogens is 462 g/mol. The van der Waals surface area contributed by atoms with E-state index in [4.69, 9.17) is 16.7 Å². The van der Waals surface area contributed by atoms with E-state index in [1.54, 1.807) is 6.20 Å². The van der Waals surface area contributed by atoms with Gasteiger partial charge in [0, 0.05) is 50.4 Å². The predicted octanol–water partition coefficient (Wildman–Crippen LogP) is 3.09. The Morgan fingerprint density at radius 3 is 2.76 bits per heavy atom. The Morgan fingerprint density at radius 2 is 2.00 bits per heavy atom. The maximum Gasteiger partial charge on any atom is 0.267 e. The highest BCUT2D eigenvalue weighted by Crippen LogP contribution is 2.26. The van der Waals surface area contributed by atoms with Crippen molar-refractivity contribution in [1.82, 2.24) is 19.9 Å². The molecule has 3 N–H and O–H groups in total. The molecule has 3 heterocycles. The largest absolute Gasteiger partial charge is 0.395 e. The van der Waals surface area contributed by atoms with Crippen molar-refractivity contribution in [2.45, 2.75) is 12.8 Å². The van der Waals surface area contributed by atoms with Crippen LogP contribution in [0.3, 0.4) is 0 Å². The SMILES string of the molecule is Cc1nc(Nc2ncc(C(=O)Nc3ccccc3CCl)s2)cc(N2CCN(CCO)CC2)n1. The average Bonchev–Trinajstić information content (AvgIpc) is 3.28. The molecule has 0 unspecified atom stereocenters. The van der Waals surface area contributed by atoms with Gasteiger partial charge in [0.25, 0.3) is 5.91 Å². The number of carbonyl (C=O) groups is 1. The second kappa shape index (κ2) is 10.9. The van der Waals surface area contributed by atoms with Crippen molar-refractivity contribution in [3.05, 3.63) is 52.8 Å². The van der Waals surface area contributed by atoms with Crippen molar-refractivity contribution in [1.29, 1.82) is 0 Å². The lowest BCUT2D eigenvalue weighted by Gasteiger charge is -2.35. The minimum Gasteiger partial charge on any atom is -0.395 e. The zero-order chi connectivity index (χ0) is 23.2. The Kier molecular flexibility index (Phi) is 7.71. The van der Waals surface area contributed by atoms with E-state index < -0.39 is 0 Å². The Balaban J connectivity index is 1.42. The van der Waals surface area contributed by atoms with Crippen LogP contribution in [0.1, 0.15) is 21.1 Å². The van der Waals surface area contributed by atoms with Gasteiger partial charge in [0.15, 0.2) is 5.13 Å². The average molecular weight is 488 g/mol. The van der Waals surface area contributed by atoms with Gasteiger partial charge in [0.2, 0.25) is 0 Å². The van der Waals surface area contributed by atoms with Gasteiger partial charge >= 0.3 is 0 Å². The molecule has 33 heavy (non-hydrogen) atoms. The van der Waals surface area contributed by atoms with Crippen LogP contribution in [0.5, 0.6) is 0 Å². The minimum atomic E-state index is -0.238. The summed E-state index contributed by atoms with van der Waals surface area (Å²) in [6.07, 6.45) is 1.54. The topological polar surface area (TPSA) is 107 Å². The smallest absolute Gasteiger partial charge is 0.267 e. The number of alkyl halides is 1. The highest BCUT2D eigenvalue weighted by molar-refractivity contribution is 7.17. The van der Waals surface area contributed by atoms with Crippen LogP contribution >= 0.6 is 22.9 Å². The number of β-amino-alcohol motifs (C(OH)–C–C–N with tert-alkyl or cyclic N) is 1. The molecule has 174 valence electrons. The first-order chi connectivity index (χ1) is 16.1. The number of thiazole rings is 1. The van der Waals surface area contributed by atoms with Crippen LogP contribution in [0, 0.1) is 6.92 Å². The number of carbonyl (C=O) groups excluding carboxylic acids is 1. The molecule has 4 rings (SSSR count). The van der Waals surface area contributed by atoms with Gasteiger partial charge in [-0.1, -0.05) is 29.5 Å². The Hall–Kier alpha value is -2.79. The maximum atomic E-state index is 12.7. The number of aliphatic hydroxyl groups is 1. The Labute approximate surface area is 201 Å². The van der Waals surface area contributed by atoms with E-state index in [0.717, 1.165) is 37.6 Å². The fraction of sp³-hybridized carbons (Fsp3) is 0.364. The highest BCUT2D eigenvalue weighted by Gasteiger charge is 2.19. The third kappa shape index (κ3) is 5.97. The second-order valence-electron chi connectivity index (χ2n) is 7.61. The van der Waals surface area contributed by atoms with E-state index in [0.29, 0.717) is 39.8 Å². The number of piperazine rings is 1. The molecule has 2 aromatic heterocycles. The number of aliphatic hydroxyl groups excluding tert-OH is 1. The quantitative estimate of drug-likeness (QED) is 0.416. The van der Waals surface area contributed by atoms with Crippen LogP contribution in [0.4, 0.5) is 22.5 Å². The Morgan fingerprint density at radius 1 is 1.21 bits per heavy atom. The third-order valence-corrected chi connectivity index (χ3v) is 6.51. The van der Waals surface area contributed by atoms with Gasteiger partial charge < -0.3 is 20.6 Å². The summed E-state index contributed by atoms with van der Waals surface area (Å²) in [7, 11) is 0. The summed E-state index contributed by atoms with van der Waals surface area (Å²) in [6, 6.07) is 9.34. The molecule has 1 fully saturated rings. The molecule has 0 aliphatic carbocycles. The summed E-state index contributed by atoms with van der Waals surface area (Å²) >= 11 is 7.21. The number of aromatic nitrogens is 3. The summed E-state index contributed by atoms with van der Waals surface area (Å²) in [5.74, 6) is 2.21. The first kappa shape index (κ1) is 23.4. The first-order valence-electron chi connectivity index (χ1n) is 10.7. The van der Waals surface area contributed by atoms with E-state index in [1.165, 1.54) is 11.3 Å². The summed E-state index contributed by atoms with van der Waals surface area (Å²) < 4.78 is 0. The number of halogens is 1. The van der Waals surface area contributed by atoms with Gasteiger partial charge in [-0.2, -0.15) is 0 Å². The van der Waals surface area contributed by atoms with Crippen molar-refractivity contribution < 1.29 is 9.90 Å². The molecule has 1 aliphatic rings. The maximum absolute atomic E-state index is 12.7. The van der Waals surface area contributed by atoms with E-state index in [-0.39, 0.29) is 12.5 Å². The van der Waals surface area contributed by atoms with Crippen molar-refractivity contribution in [3.63, 3.8) is 0 Å². The fourth-order valence-electron chi connectivity index (χ4n) is 3.61. The first-order valence-corrected chi connectivity index (χ1v) is 12.0. The molecule has 0 atom stereocenters. The van der Waals surface area contributed by atoms with Gasteiger partial charge in [-0.05, 0) is 18.6 Å². The minimum absolute atomic E-state index is 0.174. The molecule has 0 saturated carbocycles. The van der Waals surface area contributed by atoms with E-state index in [1.807, 2.05) is 37.3 Å². The summed E-state index contributed by atoms with van der Waals surface area (Å²) in [5.41, 5.74) is 1.55. The number of nitrogens with zero attached hydrogens (tertiary/aromatic N) is 5. The normalized spacial score (nSPS) is 14.3. The van der Waals surface area contributed by atoms with Gasteiger partial charge in [-0.15, -0.1) is 11.6 Å². The lowest BCUT2D eigenvalue weighted by atomic mass is 10.2. The summed E-state index contributed by atoms with van der Waals surface area (Å²) in [5, 5.41) is 15.8. The molecule has 1 saturated heterocycles. The van der Waals surface area contributed by atoms with Crippen LogP contribution < -0.4 is 15.5 Å². The molecule has 11 heteroatoms.